The van der Waals surface area contributed by atoms with Crippen LogP contribution in [0, 0.1) is 0 Å². The maximum atomic E-state index is 6.02. The summed E-state index contributed by atoms with van der Waals surface area (Å²) in [4.78, 5) is 12.8. The minimum Gasteiger partial charge on any atom is -0.368 e. The van der Waals surface area contributed by atoms with Crippen molar-refractivity contribution < 1.29 is 0 Å². The molecule has 0 spiro atoms. The van der Waals surface area contributed by atoms with Gasteiger partial charge in [0.05, 0.1) is 16.8 Å². The predicted molar refractivity (Wildman–Crippen MR) is 89.5 cm³/mol. The van der Waals surface area contributed by atoms with Crippen molar-refractivity contribution >= 4 is 33.3 Å². The zero-order valence-corrected chi connectivity index (χ0v) is 13.5. The predicted octanol–water partition coefficient (Wildman–Crippen LogP) is 1.76. The molecule has 7 nitrogen and oxygen atoms in total. The van der Waals surface area contributed by atoms with Crippen molar-refractivity contribution in [2.45, 2.75) is 38.8 Å². The Kier molecular flexibility index (Phi) is 2.81. The van der Waals surface area contributed by atoms with Gasteiger partial charge in [-0.3, -0.25) is 0 Å². The van der Waals surface area contributed by atoms with E-state index in [-0.39, 0.29) is 0 Å². The monoisotopic (exact) mass is 327 g/mol. The van der Waals surface area contributed by atoms with Crippen LogP contribution in [0.25, 0.3) is 10.2 Å². The second kappa shape index (κ2) is 4.89. The summed E-state index contributed by atoms with van der Waals surface area (Å²) < 4.78 is 3.27. The molecular weight excluding hydrogens is 310 g/mol. The van der Waals surface area contributed by atoms with E-state index in [4.69, 9.17) is 5.73 Å². The second-order valence-electron chi connectivity index (χ2n) is 6.16. The Morgan fingerprint density at radius 3 is 3.00 bits per heavy atom. The van der Waals surface area contributed by atoms with Gasteiger partial charge in [0.25, 0.3) is 0 Å². The summed E-state index contributed by atoms with van der Waals surface area (Å²) >= 11 is 1.85. The maximum absolute atomic E-state index is 6.02. The summed E-state index contributed by atoms with van der Waals surface area (Å²) in [5, 5.41) is 8.20. The van der Waals surface area contributed by atoms with Gasteiger partial charge in [-0.1, -0.05) is 0 Å². The van der Waals surface area contributed by atoms with Crippen molar-refractivity contribution in [2.24, 2.45) is 0 Å². The van der Waals surface area contributed by atoms with E-state index in [9.17, 15) is 0 Å². The number of aryl methyl sites for hydroxylation is 2. The molecule has 2 aliphatic rings. The highest BCUT2D eigenvalue weighted by Gasteiger charge is 2.25. The number of anilines is 2. The number of rotatable bonds is 1. The van der Waals surface area contributed by atoms with Crippen LogP contribution in [0.15, 0.2) is 6.33 Å². The molecule has 1 aliphatic heterocycles. The van der Waals surface area contributed by atoms with Gasteiger partial charge in [-0.15, -0.1) is 21.5 Å². The normalized spacial score (nSPS) is 17.3. The van der Waals surface area contributed by atoms with Crippen molar-refractivity contribution in [3.8, 4) is 0 Å². The number of thiophene rings is 1. The molecule has 118 valence electrons. The summed E-state index contributed by atoms with van der Waals surface area (Å²) in [7, 11) is 0. The van der Waals surface area contributed by atoms with Crippen LogP contribution in [-0.4, -0.2) is 31.3 Å². The smallest absolute Gasteiger partial charge is 0.222 e. The van der Waals surface area contributed by atoms with Gasteiger partial charge in [0.15, 0.2) is 11.6 Å². The van der Waals surface area contributed by atoms with Crippen LogP contribution in [-0.2, 0) is 25.9 Å². The van der Waals surface area contributed by atoms with E-state index in [1.54, 1.807) is 6.33 Å². The van der Waals surface area contributed by atoms with Gasteiger partial charge in [0.1, 0.15) is 6.33 Å². The fourth-order valence-corrected chi connectivity index (χ4v) is 4.93. The van der Waals surface area contributed by atoms with Crippen LogP contribution in [0.2, 0.25) is 0 Å². The lowest BCUT2D eigenvalue weighted by atomic mass is 9.98. The molecule has 23 heavy (non-hydrogen) atoms. The Hall–Kier alpha value is -2.22. The number of fused-ring (bicyclic) bond motifs is 4. The summed E-state index contributed by atoms with van der Waals surface area (Å²) in [6.07, 6.45) is 6.57. The Morgan fingerprint density at radius 2 is 2.04 bits per heavy atom. The van der Waals surface area contributed by atoms with E-state index < -0.39 is 0 Å². The molecule has 4 heterocycles. The van der Waals surface area contributed by atoms with Crippen molar-refractivity contribution in [2.75, 3.05) is 17.2 Å². The summed E-state index contributed by atoms with van der Waals surface area (Å²) in [5.74, 6) is 2.30. The lowest BCUT2D eigenvalue weighted by Crippen LogP contribution is -2.34. The molecule has 0 saturated carbocycles. The van der Waals surface area contributed by atoms with E-state index >= 15 is 0 Å². The van der Waals surface area contributed by atoms with Crippen LogP contribution in [0.5, 0.6) is 0 Å². The molecule has 8 heteroatoms. The number of aromatic nitrogens is 5. The molecule has 3 aromatic rings. The second-order valence-corrected chi connectivity index (χ2v) is 7.26. The van der Waals surface area contributed by atoms with Crippen LogP contribution >= 0.6 is 11.3 Å². The number of nitrogens with two attached hydrogens (primary N) is 1. The van der Waals surface area contributed by atoms with Gasteiger partial charge in [-0.25, -0.2) is 4.98 Å². The Labute approximate surface area is 137 Å². The van der Waals surface area contributed by atoms with Crippen molar-refractivity contribution in [1.29, 1.82) is 0 Å². The summed E-state index contributed by atoms with van der Waals surface area (Å²) in [6.45, 7) is 2.48. The number of nitrogens with zero attached hydrogens (tertiary/aromatic N) is 6. The SMILES string of the molecule is Nc1nc(N2CCn3cnnc3C2)c2sc3c(c2n1)CCCC3. The van der Waals surface area contributed by atoms with Gasteiger partial charge in [0, 0.05) is 18.0 Å². The third-order valence-corrected chi connectivity index (χ3v) is 6.01. The minimum atomic E-state index is 0.366. The van der Waals surface area contributed by atoms with Crippen LogP contribution in [0.3, 0.4) is 0 Å². The Balaban J connectivity index is 1.65. The fourth-order valence-electron chi connectivity index (χ4n) is 3.58. The number of hydrogen-bond donors (Lipinski definition) is 1. The van der Waals surface area contributed by atoms with Crippen LogP contribution < -0.4 is 10.6 Å². The van der Waals surface area contributed by atoms with Crippen LogP contribution in [0.1, 0.15) is 29.1 Å². The lowest BCUT2D eigenvalue weighted by Gasteiger charge is -2.28. The Morgan fingerprint density at radius 1 is 1.13 bits per heavy atom. The first kappa shape index (κ1) is 13.2. The third kappa shape index (κ3) is 2.01. The molecule has 1 aliphatic carbocycles. The molecule has 3 aromatic heterocycles. The van der Waals surface area contributed by atoms with Crippen molar-refractivity contribution in [3.63, 3.8) is 0 Å². The van der Waals surface area contributed by atoms with Gasteiger partial charge >= 0.3 is 0 Å². The van der Waals surface area contributed by atoms with E-state index in [1.807, 2.05) is 11.3 Å². The van der Waals surface area contributed by atoms with Gasteiger partial charge in [-0.2, -0.15) is 4.98 Å². The highest BCUT2D eigenvalue weighted by atomic mass is 32.1. The van der Waals surface area contributed by atoms with Gasteiger partial charge in [0.2, 0.25) is 5.95 Å². The molecule has 0 atom stereocenters. The van der Waals surface area contributed by atoms with E-state index in [1.165, 1.54) is 28.0 Å². The molecular formula is C15H17N7S. The molecule has 2 N–H and O–H groups in total. The molecule has 0 radical (unpaired) electrons. The first-order chi connectivity index (χ1) is 11.3. The fraction of sp³-hybridized carbons (Fsp3) is 0.467. The summed E-state index contributed by atoms with van der Waals surface area (Å²) in [5.41, 5.74) is 8.48. The largest absolute Gasteiger partial charge is 0.368 e. The van der Waals surface area contributed by atoms with Gasteiger partial charge < -0.3 is 15.2 Å². The number of nitrogen functional groups attached to an aromatic ring is 1. The average Bonchev–Trinajstić information content (AvgIpc) is 3.17. The quantitative estimate of drug-likeness (QED) is 0.733. The van der Waals surface area contributed by atoms with Crippen LogP contribution in [0.4, 0.5) is 11.8 Å². The molecule has 0 fully saturated rings. The first-order valence-corrected chi connectivity index (χ1v) is 8.80. The molecule has 0 amide bonds. The van der Waals surface area contributed by atoms with E-state index in [2.05, 4.69) is 29.6 Å². The molecule has 0 bridgehead atoms. The van der Waals surface area contributed by atoms with Crippen molar-refractivity contribution in [3.05, 3.63) is 22.6 Å². The number of hydrogen-bond acceptors (Lipinski definition) is 7. The third-order valence-electron chi connectivity index (χ3n) is 4.73. The maximum Gasteiger partial charge on any atom is 0.222 e. The topological polar surface area (TPSA) is 85.8 Å². The molecule has 5 rings (SSSR count). The van der Waals surface area contributed by atoms with Crippen molar-refractivity contribution in [1.82, 2.24) is 24.7 Å². The molecule has 0 aromatic carbocycles. The highest BCUT2D eigenvalue weighted by molar-refractivity contribution is 7.19. The molecule has 0 saturated heterocycles. The van der Waals surface area contributed by atoms with Gasteiger partial charge in [-0.05, 0) is 31.2 Å². The zero-order valence-electron chi connectivity index (χ0n) is 12.7. The highest BCUT2D eigenvalue weighted by Crippen LogP contribution is 2.40. The zero-order chi connectivity index (χ0) is 15.4. The van der Waals surface area contributed by atoms with E-state index in [0.717, 1.165) is 43.1 Å². The summed E-state index contributed by atoms with van der Waals surface area (Å²) in [6, 6.07) is 0. The van der Waals surface area contributed by atoms with E-state index in [0.29, 0.717) is 12.5 Å². The first-order valence-electron chi connectivity index (χ1n) is 7.99. The molecule has 0 unspecified atom stereocenters. The average molecular weight is 327 g/mol. The standard InChI is InChI=1S/C15H17N7S/c16-15-18-12-9-3-1-2-4-10(9)23-13(12)14(19-15)21-5-6-22-8-17-20-11(22)7-21/h8H,1-7H2,(H2,16,18,19). The Bertz CT molecular complexity index is 897. The minimum absolute atomic E-state index is 0.366. The lowest BCUT2D eigenvalue weighted by molar-refractivity contribution is 0.557.